The highest BCUT2D eigenvalue weighted by Crippen LogP contribution is 2.21. The molecule has 0 amide bonds. The Morgan fingerprint density at radius 3 is 2.30 bits per heavy atom. The van der Waals surface area contributed by atoms with Gasteiger partial charge in [-0.15, -0.1) is 0 Å². The van der Waals surface area contributed by atoms with E-state index >= 15 is 0 Å². The van der Waals surface area contributed by atoms with Gasteiger partial charge in [0, 0.05) is 6.08 Å². The summed E-state index contributed by atoms with van der Waals surface area (Å²) in [5.41, 5.74) is 1.44. The second kappa shape index (κ2) is 14.5. The third-order valence-corrected chi connectivity index (χ3v) is 4.29. The first-order chi connectivity index (χ1) is 11.0. The molecule has 0 N–H and O–H groups in total. The van der Waals surface area contributed by atoms with Gasteiger partial charge >= 0.3 is 5.97 Å². The van der Waals surface area contributed by atoms with E-state index in [0.717, 1.165) is 24.7 Å². The molecule has 1 unspecified atom stereocenters. The van der Waals surface area contributed by atoms with Crippen molar-refractivity contribution in [2.24, 2.45) is 11.8 Å². The average molecular weight is 323 g/mol. The predicted molar refractivity (Wildman–Crippen MR) is 100 cm³/mol. The second-order valence-corrected chi connectivity index (χ2v) is 7.12. The Hall–Kier alpha value is -1.05. The predicted octanol–water partition coefficient (Wildman–Crippen LogP) is 6.46. The van der Waals surface area contributed by atoms with Crippen molar-refractivity contribution in [3.63, 3.8) is 0 Å². The van der Waals surface area contributed by atoms with Gasteiger partial charge in [-0.2, -0.15) is 0 Å². The molecule has 1 atom stereocenters. The molecule has 0 aliphatic carbocycles. The van der Waals surface area contributed by atoms with Gasteiger partial charge in [-0.05, 0) is 43.6 Å². The molecule has 0 aliphatic rings. The number of carbonyl (C=O) groups excluding carboxylic acids is 1. The van der Waals surface area contributed by atoms with Gasteiger partial charge in [0.25, 0.3) is 0 Å². The van der Waals surface area contributed by atoms with E-state index in [9.17, 15) is 4.79 Å². The van der Waals surface area contributed by atoms with Gasteiger partial charge in [0.1, 0.15) is 6.61 Å². The molecule has 0 fully saturated rings. The maximum absolute atomic E-state index is 11.1. The number of carbonyl (C=O) groups is 1. The van der Waals surface area contributed by atoms with Gasteiger partial charge in [0.2, 0.25) is 0 Å². The van der Waals surface area contributed by atoms with Crippen LogP contribution in [0.2, 0.25) is 0 Å². The minimum atomic E-state index is -0.338. The Morgan fingerprint density at radius 1 is 1.04 bits per heavy atom. The first-order valence-corrected chi connectivity index (χ1v) is 9.46. The molecule has 0 aliphatic heterocycles. The largest absolute Gasteiger partial charge is 0.458 e. The third kappa shape index (κ3) is 14.3. The fraction of sp³-hybridized carbons (Fsp3) is 0.762. The SMILES string of the molecule is C=CC(=O)OCC=C(CCCC)CCCC(C)CCCC(C)C. The zero-order chi connectivity index (χ0) is 17.5. The van der Waals surface area contributed by atoms with Crippen LogP contribution >= 0.6 is 0 Å². The van der Waals surface area contributed by atoms with Gasteiger partial charge < -0.3 is 4.74 Å². The van der Waals surface area contributed by atoms with Crippen molar-refractivity contribution >= 4 is 5.97 Å². The minimum Gasteiger partial charge on any atom is -0.458 e. The number of unbranched alkanes of at least 4 members (excludes halogenated alkanes) is 1. The fourth-order valence-electron chi connectivity index (χ4n) is 2.73. The Kier molecular flexibility index (Phi) is 13.9. The standard InChI is InChI=1S/C21H38O2/c1-6-8-14-20(16-17-23-21(22)7-2)15-10-13-19(5)12-9-11-18(3)4/h7,16,18-19H,2,6,8-15,17H2,1,3-5H3. The summed E-state index contributed by atoms with van der Waals surface area (Å²) >= 11 is 0. The Labute approximate surface area is 144 Å². The lowest BCUT2D eigenvalue weighted by molar-refractivity contribution is -0.136. The van der Waals surface area contributed by atoms with E-state index < -0.39 is 0 Å². The number of allylic oxidation sites excluding steroid dienone is 1. The highest BCUT2D eigenvalue weighted by Gasteiger charge is 2.05. The summed E-state index contributed by atoms with van der Waals surface area (Å²) in [6.45, 7) is 13.0. The van der Waals surface area contributed by atoms with Gasteiger partial charge in [0.15, 0.2) is 0 Å². The molecule has 0 aromatic carbocycles. The third-order valence-electron chi connectivity index (χ3n) is 4.29. The molecule has 0 aromatic heterocycles. The van der Waals surface area contributed by atoms with Crippen LogP contribution in [0.3, 0.4) is 0 Å². The average Bonchev–Trinajstić information content (AvgIpc) is 2.51. The van der Waals surface area contributed by atoms with E-state index in [0.29, 0.717) is 6.61 Å². The van der Waals surface area contributed by atoms with Crippen molar-refractivity contribution in [3.8, 4) is 0 Å². The van der Waals surface area contributed by atoms with Crippen molar-refractivity contribution < 1.29 is 9.53 Å². The quantitative estimate of drug-likeness (QED) is 0.208. The van der Waals surface area contributed by atoms with Crippen LogP contribution in [-0.4, -0.2) is 12.6 Å². The summed E-state index contributed by atoms with van der Waals surface area (Å²) < 4.78 is 5.07. The summed E-state index contributed by atoms with van der Waals surface area (Å²) in [6, 6.07) is 0. The zero-order valence-corrected chi connectivity index (χ0v) is 15.9. The summed E-state index contributed by atoms with van der Waals surface area (Å²) in [5, 5.41) is 0. The van der Waals surface area contributed by atoms with Crippen LogP contribution in [0.5, 0.6) is 0 Å². The topological polar surface area (TPSA) is 26.3 Å². The van der Waals surface area contributed by atoms with Crippen molar-refractivity contribution in [3.05, 3.63) is 24.3 Å². The van der Waals surface area contributed by atoms with Gasteiger partial charge in [0.05, 0.1) is 0 Å². The Morgan fingerprint density at radius 2 is 1.70 bits per heavy atom. The number of esters is 1. The highest BCUT2D eigenvalue weighted by molar-refractivity contribution is 5.81. The van der Waals surface area contributed by atoms with Crippen LogP contribution < -0.4 is 0 Å². The van der Waals surface area contributed by atoms with E-state index in [1.165, 1.54) is 56.6 Å². The Balaban J connectivity index is 4.05. The monoisotopic (exact) mass is 322 g/mol. The first kappa shape index (κ1) is 21.9. The van der Waals surface area contributed by atoms with Crippen LogP contribution in [0.1, 0.15) is 85.5 Å². The van der Waals surface area contributed by atoms with E-state index in [1.807, 2.05) is 0 Å². The lowest BCUT2D eigenvalue weighted by Gasteiger charge is -2.13. The van der Waals surface area contributed by atoms with Crippen LogP contribution in [0.25, 0.3) is 0 Å². The summed E-state index contributed by atoms with van der Waals surface area (Å²) in [6.07, 6.45) is 14.6. The summed E-state index contributed by atoms with van der Waals surface area (Å²) in [5.74, 6) is 1.30. The summed E-state index contributed by atoms with van der Waals surface area (Å²) in [4.78, 5) is 11.1. The van der Waals surface area contributed by atoms with Crippen molar-refractivity contribution in [2.45, 2.75) is 85.5 Å². The number of ether oxygens (including phenoxy) is 1. The molecule has 134 valence electrons. The maximum atomic E-state index is 11.1. The molecular formula is C21H38O2. The van der Waals surface area contributed by atoms with Gasteiger partial charge in [-0.1, -0.05) is 72.0 Å². The van der Waals surface area contributed by atoms with Crippen LogP contribution in [0.15, 0.2) is 24.3 Å². The first-order valence-electron chi connectivity index (χ1n) is 9.46. The molecule has 0 saturated carbocycles. The molecule has 2 heteroatoms. The second-order valence-electron chi connectivity index (χ2n) is 7.12. The van der Waals surface area contributed by atoms with Gasteiger partial charge in [-0.25, -0.2) is 4.79 Å². The number of hydrogen-bond acceptors (Lipinski definition) is 2. The molecule has 0 aromatic rings. The molecule has 0 bridgehead atoms. The number of hydrogen-bond donors (Lipinski definition) is 0. The Bertz CT molecular complexity index is 342. The van der Waals surface area contributed by atoms with Crippen molar-refractivity contribution in [2.75, 3.05) is 6.61 Å². The molecule has 23 heavy (non-hydrogen) atoms. The van der Waals surface area contributed by atoms with E-state index in [1.54, 1.807) is 0 Å². The van der Waals surface area contributed by atoms with Gasteiger partial charge in [-0.3, -0.25) is 0 Å². The summed E-state index contributed by atoms with van der Waals surface area (Å²) in [7, 11) is 0. The van der Waals surface area contributed by atoms with E-state index in [4.69, 9.17) is 4.74 Å². The van der Waals surface area contributed by atoms with E-state index in [2.05, 4.69) is 40.3 Å². The molecule has 0 spiro atoms. The smallest absolute Gasteiger partial charge is 0.330 e. The number of rotatable bonds is 14. The van der Waals surface area contributed by atoms with Crippen LogP contribution in [0, 0.1) is 11.8 Å². The molecule has 0 saturated heterocycles. The maximum Gasteiger partial charge on any atom is 0.330 e. The lowest BCUT2D eigenvalue weighted by atomic mass is 9.93. The fourth-order valence-corrected chi connectivity index (χ4v) is 2.73. The lowest BCUT2D eigenvalue weighted by Crippen LogP contribution is -2.01. The molecular weight excluding hydrogens is 284 g/mol. The molecule has 0 rings (SSSR count). The van der Waals surface area contributed by atoms with Crippen molar-refractivity contribution in [1.29, 1.82) is 0 Å². The normalized spacial score (nSPS) is 13.2. The van der Waals surface area contributed by atoms with Crippen molar-refractivity contribution in [1.82, 2.24) is 0 Å². The minimum absolute atomic E-state index is 0.338. The highest BCUT2D eigenvalue weighted by atomic mass is 16.5. The molecule has 0 heterocycles. The zero-order valence-electron chi connectivity index (χ0n) is 15.9. The molecule has 0 radical (unpaired) electrons. The van der Waals surface area contributed by atoms with Crippen LogP contribution in [-0.2, 0) is 9.53 Å². The van der Waals surface area contributed by atoms with E-state index in [-0.39, 0.29) is 5.97 Å². The van der Waals surface area contributed by atoms with Crippen LogP contribution in [0.4, 0.5) is 0 Å². The molecule has 2 nitrogen and oxygen atoms in total.